The van der Waals surface area contributed by atoms with Crippen molar-refractivity contribution in [3.63, 3.8) is 0 Å². The zero-order chi connectivity index (χ0) is 12.3. The van der Waals surface area contributed by atoms with E-state index in [2.05, 4.69) is 0 Å². The third-order valence-electron chi connectivity index (χ3n) is 4.15. The van der Waals surface area contributed by atoms with Crippen LogP contribution in [-0.4, -0.2) is 6.29 Å². The SMILES string of the molecule is O=CC12CC(c3ccc(C(F)(F)F)cc3)(C1)C2. The molecule has 2 bridgehead atoms. The van der Waals surface area contributed by atoms with Crippen LogP contribution in [0.2, 0.25) is 0 Å². The van der Waals surface area contributed by atoms with Crippen LogP contribution in [0, 0.1) is 5.41 Å². The van der Waals surface area contributed by atoms with Crippen molar-refractivity contribution in [2.24, 2.45) is 5.41 Å². The Morgan fingerprint density at radius 1 is 1.06 bits per heavy atom. The Labute approximate surface area is 96.6 Å². The van der Waals surface area contributed by atoms with E-state index in [-0.39, 0.29) is 10.8 Å². The molecule has 1 aromatic rings. The van der Waals surface area contributed by atoms with Crippen molar-refractivity contribution in [3.05, 3.63) is 35.4 Å². The van der Waals surface area contributed by atoms with Crippen LogP contribution in [0.5, 0.6) is 0 Å². The van der Waals surface area contributed by atoms with Gasteiger partial charge in [0.15, 0.2) is 0 Å². The Bertz CT molecular complexity index is 453. The summed E-state index contributed by atoms with van der Waals surface area (Å²) in [5, 5.41) is 0. The molecule has 0 heterocycles. The second kappa shape index (κ2) is 2.92. The van der Waals surface area contributed by atoms with E-state index in [1.807, 2.05) is 0 Å². The Balaban J connectivity index is 1.82. The molecule has 4 heteroatoms. The van der Waals surface area contributed by atoms with Crippen molar-refractivity contribution in [3.8, 4) is 0 Å². The van der Waals surface area contributed by atoms with Crippen LogP contribution in [-0.2, 0) is 16.4 Å². The minimum Gasteiger partial charge on any atom is -0.303 e. The van der Waals surface area contributed by atoms with Gasteiger partial charge in [0.2, 0.25) is 0 Å². The minimum atomic E-state index is -4.28. The monoisotopic (exact) mass is 240 g/mol. The van der Waals surface area contributed by atoms with Gasteiger partial charge in [0.05, 0.1) is 5.56 Å². The molecule has 3 aliphatic carbocycles. The molecular weight excluding hydrogens is 229 g/mol. The highest BCUT2D eigenvalue weighted by Gasteiger charge is 2.68. The van der Waals surface area contributed by atoms with Gasteiger partial charge in [0, 0.05) is 5.41 Å². The molecule has 90 valence electrons. The van der Waals surface area contributed by atoms with E-state index in [1.165, 1.54) is 0 Å². The normalized spacial score (nSPS) is 34.8. The quantitative estimate of drug-likeness (QED) is 0.725. The topological polar surface area (TPSA) is 17.1 Å². The Morgan fingerprint density at radius 3 is 2.00 bits per heavy atom. The molecule has 4 rings (SSSR count). The molecule has 0 spiro atoms. The summed E-state index contributed by atoms with van der Waals surface area (Å²) in [6.07, 6.45) is -0.876. The van der Waals surface area contributed by atoms with Crippen LogP contribution in [0.25, 0.3) is 0 Å². The summed E-state index contributed by atoms with van der Waals surface area (Å²) in [6.45, 7) is 0. The van der Waals surface area contributed by atoms with Crippen LogP contribution in [0.4, 0.5) is 13.2 Å². The zero-order valence-electron chi connectivity index (χ0n) is 9.05. The van der Waals surface area contributed by atoms with Crippen LogP contribution in [0.3, 0.4) is 0 Å². The van der Waals surface area contributed by atoms with Crippen molar-refractivity contribution < 1.29 is 18.0 Å². The van der Waals surface area contributed by atoms with E-state index in [0.29, 0.717) is 0 Å². The van der Waals surface area contributed by atoms with Crippen molar-refractivity contribution in [1.29, 1.82) is 0 Å². The van der Waals surface area contributed by atoms with Gasteiger partial charge < -0.3 is 4.79 Å². The predicted molar refractivity (Wildman–Crippen MR) is 55.5 cm³/mol. The minimum absolute atomic E-state index is 0.00889. The molecule has 0 unspecified atom stereocenters. The summed E-state index contributed by atoms with van der Waals surface area (Å²) in [4.78, 5) is 10.8. The first-order valence-corrected chi connectivity index (χ1v) is 5.53. The molecule has 0 aromatic heterocycles. The molecule has 1 aromatic carbocycles. The molecule has 0 radical (unpaired) electrons. The number of carbonyl (C=O) groups is 1. The summed E-state index contributed by atoms with van der Waals surface area (Å²) in [6, 6.07) is 5.36. The van der Waals surface area contributed by atoms with Gasteiger partial charge in [0.1, 0.15) is 6.29 Å². The molecule has 3 saturated carbocycles. The van der Waals surface area contributed by atoms with Gasteiger partial charge in [-0.25, -0.2) is 0 Å². The summed E-state index contributed by atoms with van der Waals surface area (Å²) < 4.78 is 37.2. The van der Waals surface area contributed by atoms with Crippen LogP contribution >= 0.6 is 0 Å². The Morgan fingerprint density at radius 2 is 1.59 bits per heavy atom. The molecule has 0 atom stereocenters. The first kappa shape index (κ1) is 10.8. The molecule has 0 amide bonds. The van der Waals surface area contributed by atoms with Gasteiger partial charge in [-0.2, -0.15) is 13.2 Å². The molecule has 3 fully saturated rings. The number of benzene rings is 1. The summed E-state index contributed by atoms with van der Waals surface area (Å²) in [5.74, 6) is 0. The molecule has 0 saturated heterocycles. The van der Waals surface area contributed by atoms with Gasteiger partial charge in [0.25, 0.3) is 0 Å². The van der Waals surface area contributed by atoms with Crippen molar-refractivity contribution in [2.45, 2.75) is 30.9 Å². The van der Waals surface area contributed by atoms with Gasteiger partial charge in [-0.3, -0.25) is 0 Å². The molecule has 0 N–H and O–H groups in total. The largest absolute Gasteiger partial charge is 0.416 e. The lowest BCUT2D eigenvalue weighted by molar-refractivity contribution is -0.159. The first-order chi connectivity index (χ1) is 7.89. The zero-order valence-corrected chi connectivity index (χ0v) is 9.05. The van der Waals surface area contributed by atoms with E-state index in [0.717, 1.165) is 43.2 Å². The maximum atomic E-state index is 12.4. The first-order valence-electron chi connectivity index (χ1n) is 5.53. The molecule has 3 aliphatic rings. The van der Waals surface area contributed by atoms with E-state index >= 15 is 0 Å². The fraction of sp³-hybridized carbons (Fsp3) is 0.462. The second-order valence-electron chi connectivity index (χ2n) is 5.37. The maximum Gasteiger partial charge on any atom is 0.416 e. The number of hydrogen-bond acceptors (Lipinski definition) is 1. The number of alkyl halides is 3. The molecule has 17 heavy (non-hydrogen) atoms. The lowest BCUT2D eigenvalue weighted by Crippen LogP contribution is -2.65. The van der Waals surface area contributed by atoms with Crippen LogP contribution < -0.4 is 0 Å². The lowest BCUT2D eigenvalue weighted by Gasteiger charge is -2.68. The predicted octanol–water partition coefficient (Wildman–Crippen LogP) is 3.33. The van der Waals surface area contributed by atoms with Crippen molar-refractivity contribution >= 4 is 6.29 Å². The molecular formula is C13H11F3O. The fourth-order valence-corrected chi connectivity index (χ4v) is 3.31. The lowest BCUT2D eigenvalue weighted by atomic mass is 9.34. The van der Waals surface area contributed by atoms with E-state index in [1.54, 1.807) is 12.1 Å². The summed E-state index contributed by atoms with van der Waals surface area (Å²) in [5.41, 5.74) is 0.167. The summed E-state index contributed by atoms with van der Waals surface area (Å²) in [7, 11) is 0. The Hall–Kier alpha value is -1.32. The molecule has 1 nitrogen and oxygen atoms in total. The van der Waals surface area contributed by atoms with E-state index in [9.17, 15) is 18.0 Å². The van der Waals surface area contributed by atoms with E-state index < -0.39 is 11.7 Å². The average molecular weight is 240 g/mol. The Kier molecular flexibility index (Phi) is 1.86. The van der Waals surface area contributed by atoms with Crippen LogP contribution in [0.15, 0.2) is 24.3 Å². The highest BCUT2D eigenvalue weighted by atomic mass is 19.4. The standard InChI is InChI=1S/C13H11F3O/c14-13(15,16)10-3-1-9(2-4-10)12-5-11(6-12,7-12)8-17/h1-4,8H,5-7H2. The number of rotatable bonds is 2. The van der Waals surface area contributed by atoms with Crippen LogP contribution in [0.1, 0.15) is 30.4 Å². The van der Waals surface area contributed by atoms with Crippen molar-refractivity contribution in [1.82, 2.24) is 0 Å². The number of aldehydes is 1. The molecule has 0 aliphatic heterocycles. The van der Waals surface area contributed by atoms with Gasteiger partial charge in [-0.05, 0) is 42.4 Å². The second-order valence-corrected chi connectivity index (χ2v) is 5.37. The summed E-state index contributed by atoms with van der Waals surface area (Å²) >= 11 is 0. The number of hydrogen-bond donors (Lipinski definition) is 0. The van der Waals surface area contributed by atoms with Gasteiger partial charge >= 0.3 is 6.18 Å². The highest BCUT2D eigenvalue weighted by Crippen LogP contribution is 2.72. The highest BCUT2D eigenvalue weighted by molar-refractivity contribution is 5.69. The third kappa shape index (κ3) is 1.36. The smallest absolute Gasteiger partial charge is 0.303 e. The average Bonchev–Trinajstić information content (AvgIpc) is 2.14. The van der Waals surface area contributed by atoms with Gasteiger partial charge in [-0.15, -0.1) is 0 Å². The number of carbonyl (C=O) groups excluding carboxylic acids is 1. The van der Waals surface area contributed by atoms with Gasteiger partial charge in [-0.1, -0.05) is 12.1 Å². The van der Waals surface area contributed by atoms with E-state index in [4.69, 9.17) is 0 Å². The fourth-order valence-electron chi connectivity index (χ4n) is 3.31. The third-order valence-corrected chi connectivity index (χ3v) is 4.15. The number of halogens is 3. The van der Waals surface area contributed by atoms with Crippen molar-refractivity contribution in [2.75, 3.05) is 0 Å². The maximum absolute atomic E-state index is 12.4.